The number of hydrogen-bond donors (Lipinski definition) is 1. The summed E-state index contributed by atoms with van der Waals surface area (Å²) in [5.74, 6) is 0. The molecule has 0 unspecified atom stereocenters. The second-order valence-electron chi connectivity index (χ2n) is 2.34. The lowest BCUT2D eigenvalue weighted by Crippen LogP contribution is -2.13. The summed E-state index contributed by atoms with van der Waals surface area (Å²) in [5, 5.41) is -1.81. The highest BCUT2D eigenvalue weighted by atomic mass is 35.5. The van der Waals surface area contributed by atoms with Crippen LogP contribution >= 0.6 is 23.2 Å². The molecule has 0 bridgehead atoms. The predicted molar refractivity (Wildman–Crippen MR) is 47.2 cm³/mol. The third-order valence-electron chi connectivity index (χ3n) is 1.50. The highest BCUT2D eigenvalue weighted by molar-refractivity contribution is 6.69. The quantitative estimate of drug-likeness (QED) is 0.809. The van der Waals surface area contributed by atoms with E-state index in [1.54, 1.807) is 0 Å². The topological polar surface area (TPSA) is 49.9 Å². The molecule has 0 fully saturated rings. The van der Waals surface area contributed by atoms with Crippen molar-refractivity contribution in [3.05, 3.63) is 32.7 Å². The van der Waals surface area contributed by atoms with Gasteiger partial charge in [0.25, 0.3) is 17.2 Å². The van der Waals surface area contributed by atoms with Gasteiger partial charge in [-0.1, -0.05) is 11.6 Å². The molecule has 0 saturated heterocycles. The molecule has 76 valence electrons. The maximum absolute atomic E-state index is 12.3. The maximum Gasteiger partial charge on any atom is 0.267 e. The van der Waals surface area contributed by atoms with Crippen molar-refractivity contribution in [3.8, 4) is 0 Å². The first-order chi connectivity index (χ1) is 6.45. The third-order valence-corrected chi connectivity index (χ3v) is 2.05. The van der Waals surface area contributed by atoms with Crippen molar-refractivity contribution >= 4 is 28.4 Å². The van der Waals surface area contributed by atoms with Crippen molar-refractivity contribution in [1.29, 1.82) is 0 Å². The van der Waals surface area contributed by atoms with E-state index in [1.165, 1.54) is 0 Å². The molecule has 0 radical (unpaired) electrons. The van der Waals surface area contributed by atoms with E-state index in [1.807, 2.05) is 4.98 Å². The van der Waals surface area contributed by atoms with Crippen molar-refractivity contribution < 1.29 is 13.6 Å². The Morgan fingerprint density at radius 3 is 2.50 bits per heavy atom. The summed E-state index contributed by atoms with van der Waals surface area (Å²) >= 11 is 10.4. The van der Waals surface area contributed by atoms with Gasteiger partial charge in [0.15, 0.2) is 0 Å². The van der Waals surface area contributed by atoms with E-state index in [2.05, 4.69) is 0 Å². The fourth-order valence-electron chi connectivity index (χ4n) is 0.891. The summed E-state index contributed by atoms with van der Waals surface area (Å²) in [6.07, 6.45) is -2.21. The Balaban J connectivity index is 3.54. The first-order valence-electron chi connectivity index (χ1n) is 3.34. The second-order valence-corrected chi connectivity index (χ2v) is 3.06. The lowest BCUT2D eigenvalue weighted by atomic mass is 10.1. The zero-order valence-corrected chi connectivity index (χ0v) is 7.99. The molecular formula is C7H3Cl2F2NO2. The zero-order chi connectivity index (χ0) is 10.9. The van der Waals surface area contributed by atoms with E-state index < -0.39 is 33.4 Å². The Kier molecular flexibility index (Phi) is 3.23. The molecule has 0 amide bonds. The van der Waals surface area contributed by atoms with Gasteiger partial charge in [-0.2, -0.15) is 0 Å². The van der Waals surface area contributed by atoms with Crippen LogP contribution in [-0.2, 0) is 0 Å². The minimum atomic E-state index is -2.93. The van der Waals surface area contributed by atoms with Gasteiger partial charge in [0.1, 0.15) is 5.02 Å². The van der Waals surface area contributed by atoms with Crippen molar-refractivity contribution in [2.75, 3.05) is 0 Å². The summed E-state index contributed by atoms with van der Waals surface area (Å²) in [6, 6.07) is 0. The number of pyridine rings is 1. The van der Waals surface area contributed by atoms with Crippen LogP contribution in [0.15, 0.2) is 11.0 Å². The first kappa shape index (κ1) is 11.1. The fraction of sp³-hybridized carbons (Fsp3) is 0.143. The highest BCUT2D eigenvalue weighted by Crippen LogP contribution is 2.26. The number of carbonyl (C=O) groups excluding carboxylic acids is 1. The Morgan fingerprint density at radius 2 is 2.07 bits per heavy atom. The van der Waals surface area contributed by atoms with E-state index in [0.717, 1.165) is 0 Å². The molecule has 1 rings (SSSR count). The van der Waals surface area contributed by atoms with Gasteiger partial charge in [0.2, 0.25) is 0 Å². The summed E-state index contributed by atoms with van der Waals surface area (Å²) < 4.78 is 24.6. The van der Waals surface area contributed by atoms with Crippen LogP contribution in [0.3, 0.4) is 0 Å². The number of hydrogen-bond acceptors (Lipinski definition) is 2. The van der Waals surface area contributed by atoms with E-state index >= 15 is 0 Å². The summed E-state index contributed by atoms with van der Waals surface area (Å²) in [5.41, 5.74) is -2.17. The van der Waals surface area contributed by atoms with Crippen molar-refractivity contribution in [1.82, 2.24) is 4.98 Å². The summed E-state index contributed by atoms with van der Waals surface area (Å²) in [6.45, 7) is 0. The molecule has 14 heavy (non-hydrogen) atoms. The molecule has 0 saturated carbocycles. The molecule has 0 aliphatic carbocycles. The standard InChI is InChI=1S/C7H3Cl2F2NO2/c8-4-3(5(9)13)2(6(10)11)1-12-7(4)14/h1,6H,(H,12,14). The minimum absolute atomic E-state index is 0.622. The zero-order valence-electron chi connectivity index (χ0n) is 6.48. The smallest absolute Gasteiger partial charge is 0.267 e. The molecule has 1 heterocycles. The van der Waals surface area contributed by atoms with Crippen LogP contribution in [-0.4, -0.2) is 10.2 Å². The fourth-order valence-corrected chi connectivity index (χ4v) is 1.39. The van der Waals surface area contributed by atoms with E-state index in [9.17, 15) is 18.4 Å². The number of aromatic amines is 1. The Hall–Kier alpha value is -0.940. The van der Waals surface area contributed by atoms with Crippen molar-refractivity contribution in [3.63, 3.8) is 0 Å². The molecule has 7 heteroatoms. The van der Waals surface area contributed by atoms with Gasteiger partial charge in [-0.25, -0.2) is 8.78 Å². The monoisotopic (exact) mass is 241 g/mol. The van der Waals surface area contributed by atoms with Gasteiger partial charge in [-0.3, -0.25) is 9.59 Å². The lowest BCUT2D eigenvalue weighted by Gasteiger charge is -2.05. The van der Waals surface area contributed by atoms with Gasteiger partial charge in [0, 0.05) is 11.8 Å². The van der Waals surface area contributed by atoms with Crippen LogP contribution in [0.5, 0.6) is 0 Å². The van der Waals surface area contributed by atoms with Crippen LogP contribution in [0.4, 0.5) is 8.78 Å². The molecule has 1 N–H and O–H groups in total. The number of aromatic nitrogens is 1. The van der Waals surface area contributed by atoms with Crippen molar-refractivity contribution in [2.45, 2.75) is 6.43 Å². The maximum atomic E-state index is 12.3. The lowest BCUT2D eigenvalue weighted by molar-refractivity contribution is 0.106. The van der Waals surface area contributed by atoms with Gasteiger partial charge in [0.05, 0.1) is 5.56 Å². The number of carbonyl (C=O) groups is 1. The molecule has 3 nitrogen and oxygen atoms in total. The third kappa shape index (κ3) is 1.93. The van der Waals surface area contributed by atoms with Crippen LogP contribution in [0.2, 0.25) is 5.02 Å². The van der Waals surface area contributed by atoms with E-state index in [4.69, 9.17) is 23.2 Å². The van der Waals surface area contributed by atoms with Gasteiger partial charge < -0.3 is 4.98 Å². The van der Waals surface area contributed by atoms with Gasteiger partial charge in [-0.05, 0) is 11.6 Å². The van der Waals surface area contributed by atoms with E-state index in [0.29, 0.717) is 6.20 Å². The summed E-state index contributed by atoms with van der Waals surface area (Å²) in [4.78, 5) is 23.6. The number of nitrogens with one attached hydrogen (secondary N) is 1. The van der Waals surface area contributed by atoms with Crippen LogP contribution in [0.25, 0.3) is 0 Å². The first-order valence-corrected chi connectivity index (χ1v) is 4.09. The van der Waals surface area contributed by atoms with Crippen molar-refractivity contribution in [2.24, 2.45) is 0 Å². The van der Waals surface area contributed by atoms with Crippen LogP contribution < -0.4 is 5.56 Å². The Labute approximate surface area is 86.6 Å². The average molecular weight is 242 g/mol. The minimum Gasteiger partial charge on any atom is -0.327 e. The van der Waals surface area contributed by atoms with E-state index in [-0.39, 0.29) is 0 Å². The number of H-pyrrole nitrogens is 1. The molecular weight excluding hydrogens is 239 g/mol. The number of rotatable bonds is 2. The molecule has 0 aromatic carbocycles. The highest BCUT2D eigenvalue weighted by Gasteiger charge is 2.22. The van der Waals surface area contributed by atoms with Gasteiger partial charge >= 0.3 is 0 Å². The summed E-state index contributed by atoms with van der Waals surface area (Å²) in [7, 11) is 0. The Bertz CT molecular complexity index is 430. The SMILES string of the molecule is O=C(Cl)c1c(C(F)F)c[nH]c(=O)c1Cl. The average Bonchev–Trinajstić information content (AvgIpc) is 2.08. The largest absolute Gasteiger partial charge is 0.327 e. The van der Waals surface area contributed by atoms with Crippen LogP contribution in [0, 0.1) is 0 Å². The number of halogens is 4. The predicted octanol–water partition coefficient (Wildman–Crippen LogP) is 2.34. The molecule has 0 atom stereocenters. The normalized spacial score (nSPS) is 10.6. The Morgan fingerprint density at radius 1 is 1.50 bits per heavy atom. The molecule has 1 aromatic heterocycles. The molecule has 0 aliphatic heterocycles. The van der Waals surface area contributed by atoms with Crippen LogP contribution in [0.1, 0.15) is 22.3 Å². The number of alkyl halides is 2. The molecule has 0 spiro atoms. The second kappa shape index (κ2) is 4.06. The van der Waals surface area contributed by atoms with Gasteiger partial charge in [-0.15, -0.1) is 0 Å². The molecule has 0 aliphatic rings. The molecule has 1 aromatic rings.